The second-order valence-electron chi connectivity index (χ2n) is 10.9. The van der Waals surface area contributed by atoms with Crippen molar-refractivity contribution >= 4 is 40.5 Å². The Balaban J connectivity index is 0.000000146. The number of nitrogens with one attached hydrogen (secondary N) is 1. The third-order valence-corrected chi connectivity index (χ3v) is 9.36. The van der Waals surface area contributed by atoms with E-state index in [9.17, 15) is 15.0 Å². The number of ether oxygens (including phenoxy) is 1. The second kappa shape index (κ2) is 10.3. The lowest BCUT2D eigenvalue weighted by Crippen LogP contribution is -2.64. The highest BCUT2D eigenvalue weighted by Gasteiger charge is 2.64. The van der Waals surface area contributed by atoms with E-state index in [2.05, 4.69) is 23.3 Å². The Bertz CT molecular complexity index is 1490. The van der Waals surface area contributed by atoms with Crippen molar-refractivity contribution in [3.8, 4) is 11.5 Å². The van der Waals surface area contributed by atoms with Crippen LogP contribution in [0, 0.1) is 5.92 Å². The van der Waals surface area contributed by atoms with Gasteiger partial charge >= 0.3 is 5.97 Å². The minimum atomic E-state index is -0.889. The molecule has 2 heterocycles. The molecule has 40 heavy (non-hydrogen) atoms. The number of nitrogens with zero attached hydrogens (tertiary/aromatic N) is 1. The highest BCUT2D eigenvalue weighted by atomic mass is 35.5. The quantitative estimate of drug-likeness (QED) is 0.299. The number of carbonyl (C=O) groups is 1. The molecule has 1 spiro atoms. The van der Waals surface area contributed by atoms with E-state index >= 15 is 0 Å². The van der Waals surface area contributed by atoms with Gasteiger partial charge in [-0.1, -0.05) is 65.7 Å². The van der Waals surface area contributed by atoms with Crippen molar-refractivity contribution < 1.29 is 24.9 Å². The number of aliphatic hydroxyl groups is 1. The van der Waals surface area contributed by atoms with Crippen molar-refractivity contribution in [2.75, 3.05) is 18.9 Å². The summed E-state index contributed by atoms with van der Waals surface area (Å²) >= 11 is 12.1. The Kier molecular flexibility index (Phi) is 6.95. The molecule has 7 nitrogen and oxygen atoms in total. The van der Waals surface area contributed by atoms with E-state index in [1.54, 1.807) is 42.5 Å². The molecule has 7 rings (SSSR count). The van der Waals surface area contributed by atoms with Crippen LogP contribution in [0.1, 0.15) is 23.1 Å². The molecule has 0 amide bonds. The number of likely N-dealkylation sites (tertiary alicyclic amines) is 1. The number of para-hydroxylation sites is 2. The minimum absolute atomic E-state index is 0.0642. The van der Waals surface area contributed by atoms with Crippen LogP contribution in [-0.4, -0.2) is 58.0 Å². The fourth-order valence-electron chi connectivity index (χ4n) is 6.95. The van der Waals surface area contributed by atoms with E-state index in [0.717, 1.165) is 19.4 Å². The van der Waals surface area contributed by atoms with Crippen LogP contribution in [0.5, 0.6) is 11.5 Å². The number of benzene rings is 3. The van der Waals surface area contributed by atoms with E-state index in [0.29, 0.717) is 44.7 Å². The number of aliphatic hydroxyl groups excluding tert-OH is 1. The monoisotopic (exact) mass is 580 g/mol. The number of phenols is 1. The maximum Gasteiger partial charge on any atom is 0.307 e. The van der Waals surface area contributed by atoms with E-state index in [-0.39, 0.29) is 23.7 Å². The molecule has 0 radical (unpaired) electrons. The minimum Gasteiger partial charge on any atom is -0.504 e. The number of aliphatic carboxylic acids is 1. The van der Waals surface area contributed by atoms with E-state index in [1.165, 1.54) is 11.1 Å². The molecule has 1 saturated heterocycles. The molecule has 2 aliphatic heterocycles. The van der Waals surface area contributed by atoms with Crippen molar-refractivity contribution in [1.82, 2.24) is 4.90 Å². The van der Waals surface area contributed by atoms with Crippen LogP contribution < -0.4 is 10.1 Å². The zero-order valence-electron chi connectivity index (χ0n) is 21.8. The summed E-state index contributed by atoms with van der Waals surface area (Å²) in [6, 6.07) is 16.6. The van der Waals surface area contributed by atoms with Gasteiger partial charge in [0.1, 0.15) is 12.2 Å². The number of anilines is 2. The van der Waals surface area contributed by atoms with E-state index in [4.69, 9.17) is 33.0 Å². The number of likely N-dealkylation sites (N-methyl/N-ethyl adjacent to an activating group) is 1. The lowest BCUT2D eigenvalue weighted by Gasteiger charge is -2.56. The first kappa shape index (κ1) is 27.0. The summed E-state index contributed by atoms with van der Waals surface area (Å²) in [5.41, 5.74) is 4.22. The standard InChI is InChI=1S/C17H19NO3.C14H11Cl2NO2/c1-18-7-6-17-10-3-5-13(20)16(17)21-15-12(19)4-2-9(14(15)17)8-11(10)18;15-10-5-3-6-11(16)14(10)17-12-7-2-1-4-9(12)8-13(18)19/h2-5,10-11,13,16,19-20H,6-8H2,1H3;1-7,17H,8H2,(H,18,19)/t10-,11+,13-,16-,17-;/m0./s1. The fraction of sp³-hybridized carbons (Fsp3) is 0.323. The summed E-state index contributed by atoms with van der Waals surface area (Å²) in [5, 5.41) is 33.6. The number of carboxylic acids is 1. The number of aromatic hydroxyl groups is 1. The summed E-state index contributed by atoms with van der Waals surface area (Å²) in [4.78, 5) is 13.3. The fourth-order valence-corrected chi connectivity index (χ4v) is 7.44. The average Bonchev–Trinajstić information content (AvgIpc) is 3.28. The van der Waals surface area contributed by atoms with Crippen LogP contribution in [0.15, 0.2) is 66.7 Å². The summed E-state index contributed by atoms with van der Waals surface area (Å²) in [6.07, 6.45) is 5.11. The molecule has 9 heteroatoms. The predicted octanol–water partition coefficient (Wildman–Crippen LogP) is 5.56. The summed E-state index contributed by atoms with van der Waals surface area (Å²) < 4.78 is 6.09. The van der Waals surface area contributed by atoms with Crippen LogP contribution in [0.4, 0.5) is 11.4 Å². The van der Waals surface area contributed by atoms with Crippen molar-refractivity contribution in [3.05, 3.63) is 93.5 Å². The topological polar surface area (TPSA) is 102 Å². The maximum atomic E-state index is 10.8. The highest BCUT2D eigenvalue weighted by molar-refractivity contribution is 6.39. The molecule has 208 valence electrons. The summed E-state index contributed by atoms with van der Waals surface area (Å²) in [6.45, 7) is 1.01. The van der Waals surface area contributed by atoms with Crippen LogP contribution >= 0.6 is 23.2 Å². The third-order valence-electron chi connectivity index (χ3n) is 8.73. The molecule has 4 aliphatic rings. The van der Waals surface area contributed by atoms with Gasteiger partial charge in [-0.15, -0.1) is 0 Å². The lowest BCUT2D eigenvalue weighted by molar-refractivity contribution is -0.136. The van der Waals surface area contributed by atoms with Gasteiger partial charge in [-0.25, -0.2) is 0 Å². The van der Waals surface area contributed by atoms with Crippen molar-refractivity contribution in [2.24, 2.45) is 5.92 Å². The lowest BCUT2D eigenvalue weighted by atomic mass is 9.53. The number of halogens is 2. The average molecular weight is 581 g/mol. The first-order valence-electron chi connectivity index (χ1n) is 13.3. The summed E-state index contributed by atoms with van der Waals surface area (Å²) in [5.74, 6) is 0.300. The Labute approximate surface area is 242 Å². The third kappa shape index (κ3) is 4.32. The van der Waals surface area contributed by atoms with Crippen molar-refractivity contribution in [1.29, 1.82) is 0 Å². The van der Waals surface area contributed by atoms with Gasteiger partial charge in [-0.3, -0.25) is 4.79 Å². The number of rotatable bonds is 4. The normalized spacial score (nSPS) is 27.2. The Morgan fingerprint density at radius 1 is 1.10 bits per heavy atom. The van der Waals surface area contributed by atoms with Crippen molar-refractivity contribution in [3.63, 3.8) is 0 Å². The van der Waals surface area contributed by atoms with Gasteiger partial charge in [0.25, 0.3) is 0 Å². The summed E-state index contributed by atoms with van der Waals surface area (Å²) in [7, 11) is 2.19. The first-order chi connectivity index (χ1) is 19.2. The molecular weight excluding hydrogens is 551 g/mol. The van der Waals surface area contributed by atoms with Gasteiger partial charge < -0.3 is 30.3 Å². The Morgan fingerprint density at radius 2 is 1.85 bits per heavy atom. The molecular formula is C31H30Cl2N2O5. The van der Waals surface area contributed by atoms with E-state index in [1.807, 2.05) is 18.2 Å². The van der Waals surface area contributed by atoms with Gasteiger partial charge in [0.15, 0.2) is 11.5 Å². The van der Waals surface area contributed by atoms with Crippen molar-refractivity contribution in [2.45, 2.75) is 42.9 Å². The smallest absolute Gasteiger partial charge is 0.307 e. The molecule has 3 aromatic rings. The Hall–Kier alpha value is -3.23. The zero-order valence-corrected chi connectivity index (χ0v) is 23.4. The van der Waals surface area contributed by atoms with Gasteiger partial charge in [0.2, 0.25) is 0 Å². The van der Waals surface area contributed by atoms with Crippen LogP contribution in [0.25, 0.3) is 0 Å². The molecule has 2 aliphatic carbocycles. The number of phenolic OH excluding ortho intramolecular Hbond substituents is 1. The Morgan fingerprint density at radius 3 is 2.60 bits per heavy atom. The maximum absolute atomic E-state index is 10.8. The first-order valence-corrected chi connectivity index (χ1v) is 14.1. The molecule has 0 saturated carbocycles. The molecule has 0 aromatic heterocycles. The molecule has 2 bridgehead atoms. The number of hydrogen-bond donors (Lipinski definition) is 4. The van der Waals surface area contributed by atoms with Crippen LogP contribution in [0.3, 0.4) is 0 Å². The van der Waals surface area contributed by atoms with Gasteiger partial charge in [-0.2, -0.15) is 0 Å². The molecule has 0 unspecified atom stereocenters. The van der Waals surface area contributed by atoms with Crippen LogP contribution in [0.2, 0.25) is 10.0 Å². The SMILES string of the molecule is CN1CC[C@]23c4c5ccc(O)c4O[C@H]2[C@@H](O)C=C[C@H]3[C@H]1C5.O=C(O)Cc1ccccc1Nc1c(Cl)cccc1Cl. The predicted molar refractivity (Wildman–Crippen MR) is 155 cm³/mol. The number of hydrogen-bond acceptors (Lipinski definition) is 6. The van der Waals surface area contributed by atoms with E-state index < -0.39 is 12.1 Å². The highest BCUT2D eigenvalue weighted by Crippen LogP contribution is 2.62. The molecule has 4 N–H and O–H groups in total. The van der Waals surface area contributed by atoms with Gasteiger partial charge in [0, 0.05) is 28.6 Å². The molecule has 3 aromatic carbocycles. The van der Waals surface area contributed by atoms with Crippen LogP contribution in [-0.2, 0) is 23.1 Å². The number of carboxylic acid groups (broad SMARTS) is 1. The molecule has 5 atom stereocenters. The van der Waals surface area contributed by atoms with Gasteiger partial charge in [0.05, 0.1) is 22.2 Å². The molecule has 1 fully saturated rings. The largest absolute Gasteiger partial charge is 0.504 e. The zero-order chi connectivity index (χ0) is 28.2. The van der Waals surface area contributed by atoms with Gasteiger partial charge in [-0.05, 0) is 61.8 Å². The second-order valence-corrected chi connectivity index (χ2v) is 11.7. The number of piperidine rings is 1.